The summed E-state index contributed by atoms with van der Waals surface area (Å²) >= 11 is 0. The average molecular weight is 278 g/mol. The zero-order valence-electron chi connectivity index (χ0n) is 11.8. The van der Waals surface area contributed by atoms with Crippen molar-refractivity contribution in [1.29, 1.82) is 0 Å². The molecule has 0 bridgehead atoms. The number of carboxylic acid groups (broad SMARTS) is 2. The number of carbonyl (C=O) groups is 2. The predicted molar refractivity (Wildman–Crippen MR) is 70.9 cm³/mol. The maximum atomic E-state index is 10.0. The molecule has 0 spiro atoms. The van der Waals surface area contributed by atoms with Gasteiger partial charge in [-0.2, -0.15) is 0 Å². The van der Waals surface area contributed by atoms with E-state index in [9.17, 15) is 9.59 Å². The van der Waals surface area contributed by atoms with E-state index >= 15 is 0 Å². The monoisotopic (exact) mass is 278 g/mol. The minimum atomic E-state index is -0.784. The van der Waals surface area contributed by atoms with Gasteiger partial charge in [-0.15, -0.1) is 0 Å². The van der Waals surface area contributed by atoms with Gasteiger partial charge in [-0.1, -0.05) is 26.7 Å². The van der Waals surface area contributed by atoms with Crippen LogP contribution in [0.2, 0.25) is 0 Å². The number of aliphatic hydroxyl groups excluding tert-OH is 2. The summed E-state index contributed by atoms with van der Waals surface area (Å²) in [6.07, 6.45) is 3.28. The highest BCUT2D eigenvalue weighted by molar-refractivity contribution is 5.66. The van der Waals surface area contributed by atoms with Crippen molar-refractivity contribution in [2.75, 3.05) is 13.2 Å². The third kappa shape index (κ3) is 19.4. The molecule has 19 heavy (non-hydrogen) atoms. The van der Waals surface area contributed by atoms with Gasteiger partial charge in [0.2, 0.25) is 0 Å². The number of hydrogen-bond acceptors (Lipinski definition) is 4. The van der Waals surface area contributed by atoms with E-state index in [1.165, 1.54) is 0 Å². The van der Waals surface area contributed by atoms with Crippen LogP contribution >= 0.6 is 0 Å². The highest BCUT2D eigenvalue weighted by Gasteiger charge is 2.13. The van der Waals surface area contributed by atoms with Crippen molar-refractivity contribution >= 4 is 11.9 Å². The molecule has 0 atom stereocenters. The van der Waals surface area contributed by atoms with Crippen LogP contribution in [0.25, 0.3) is 0 Å². The quantitative estimate of drug-likeness (QED) is 0.475. The van der Waals surface area contributed by atoms with E-state index < -0.39 is 11.9 Å². The second-order valence-corrected chi connectivity index (χ2v) is 5.18. The Kier molecular flexibility index (Phi) is 12.7. The first kappa shape index (κ1) is 20.2. The molecule has 0 aliphatic heterocycles. The molecule has 0 saturated heterocycles. The summed E-state index contributed by atoms with van der Waals surface area (Å²) in [6, 6.07) is 0. The molecule has 0 unspecified atom stereocenters. The molecule has 0 aromatic heterocycles. The van der Waals surface area contributed by atoms with Gasteiger partial charge in [0, 0.05) is 18.3 Å². The van der Waals surface area contributed by atoms with Crippen LogP contribution in [0.1, 0.15) is 52.4 Å². The highest BCUT2D eigenvalue weighted by atomic mass is 16.4. The molecule has 0 amide bonds. The Labute approximate surface area is 114 Å². The number of rotatable bonds is 9. The molecule has 0 fully saturated rings. The minimum absolute atomic E-state index is 0.0451. The summed E-state index contributed by atoms with van der Waals surface area (Å²) in [4.78, 5) is 20.1. The van der Waals surface area contributed by atoms with Gasteiger partial charge < -0.3 is 20.4 Å². The van der Waals surface area contributed by atoms with Crippen LogP contribution in [0.3, 0.4) is 0 Å². The van der Waals surface area contributed by atoms with Crippen LogP contribution in [0.15, 0.2) is 0 Å². The van der Waals surface area contributed by atoms with Gasteiger partial charge >= 0.3 is 11.9 Å². The van der Waals surface area contributed by atoms with E-state index in [1.54, 1.807) is 13.8 Å². The lowest BCUT2D eigenvalue weighted by molar-refractivity contribution is -0.138. The molecule has 6 heteroatoms. The lowest BCUT2D eigenvalue weighted by atomic mass is 9.97. The number of aliphatic carboxylic acids is 2. The largest absolute Gasteiger partial charge is 0.481 e. The van der Waals surface area contributed by atoms with E-state index in [4.69, 9.17) is 20.4 Å². The van der Waals surface area contributed by atoms with Crippen molar-refractivity contribution in [2.24, 2.45) is 5.41 Å². The summed E-state index contributed by atoms with van der Waals surface area (Å²) in [7, 11) is 0. The number of unbranched alkanes of at least 4 members (excludes halogenated alkanes) is 3. The van der Waals surface area contributed by atoms with E-state index in [1.807, 2.05) is 0 Å². The SMILES string of the molecule is CC(C)(CO)CO.O=C(O)CCCCCCC(=O)O. The molecule has 0 aromatic rings. The lowest BCUT2D eigenvalue weighted by Crippen LogP contribution is -2.20. The third-order valence-electron chi connectivity index (χ3n) is 2.39. The number of aliphatic hydroxyl groups is 2. The second kappa shape index (κ2) is 11.9. The molecular formula is C13H26O6. The zero-order valence-corrected chi connectivity index (χ0v) is 11.8. The normalized spacial score (nSPS) is 10.5. The predicted octanol–water partition coefficient (Wildman–Crippen LogP) is 1.49. The van der Waals surface area contributed by atoms with Crippen LogP contribution in [0.4, 0.5) is 0 Å². The third-order valence-corrected chi connectivity index (χ3v) is 2.39. The number of carboxylic acids is 2. The Morgan fingerprint density at radius 2 is 1.11 bits per heavy atom. The fourth-order valence-corrected chi connectivity index (χ4v) is 0.956. The standard InChI is InChI=1S/C8H14O4.C5H12O2/c9-7(10)5-3-1-2-4-6-8(11)12;1-5(2,3-6)4-7/h1-6H2,(H,9,10)(H,11,12);6-7H,3-4H2,1-2H3. The van der Waals surface area contributed by atoms with Crippen molar-refractivity contribution in [3.8, 4) is 0 Å². The summed E-state index contributed by atoms with van der Waals surface area (Å²) in [5.41, 5.74) is -0.306. The van der Waals surface area contributed by atoms with Crippen LogP contribution in [-0.2, 0) is 9.59 Å². The summed E-state index contributed by atoms with van der Waals surface area (Å²) < 4.78 is 0. The maximum Gasteiger partial charge on any atom is 0.303 e. The molecule has 0 radical (unpaired) electrons. The molecule has 0 aliphatic rings. The first-order valence-corrected chi connectivity index (χ1v) is 6.40. The molecule has 0 saturated carbocycles. The fourth-order valence-electron chi connectivity index (χ4n) is 0.956. The smallest absolute Gasteiger partial charge is 0.303 e. The van der Waals surface area contributed by atoms with E-state index in [-0.39, 0.29) is 31.5 Å². The minimum Gasteiger partial charge on any atom is -0.481 e. The molecule has 0 heterocycles. The van der Waals surface area contributed by atoms with Gasteiger partial charge in [-0.05, 0) is 12.8 Å². The van der Waals surface area contributed by atoms with Crippen LogP contribution in [0.5, 0.6) is 0 Å². The van der Waals surface area contributed by atoms with Crippen molar-refractivity contribution in [2.45, 2.75) is 52.4 Å². The first-order valence-electron chi connectivity index (χ1n) is 6.40. The summed E-state index contributed by atoms with van der Waals surface area (Å²) in [5.74, 6) is -1.57. The van der Waals surface area contributed by atoms with Gasteiger partial charge in [-0.25, -0.2) is 0 Å². The van der Waals surface area contributed by atoms with Crippen molar-refractivity contribution in [3.05, 3.63) is 0 Å². The maximum absolute atomic E-state index is 10.0. The molecule has 114 valence electrons. The molecule has 0 aliphatic carbocycles. The van der Waals surface area contributed by atoms with E-state index in [2.05, 4.69) is 0 Å². The van der Waals surface area contributed by atoms with Crippen molar-refractivity contribution in [3.63, 3.8) is 0 Å². The van der Waals surface area contributed by atoms with Gasteiger partial charge in [0.15, 0.2) is 0 Å². The van der Waals surface area contributed by atoms with Crippen LogP contribution < -0.4 is 0 Å². The van der Waals surface area contributed by atoms with Crippen LogP contribution in [0, 0.1) is 5.41 Å². The van der Waals surface area contributed by atoms with Gasteiger partial charge in [0.1, 0.15) is 0 Å². The topological polar surface area (TPSA) is 115 Å². The van der Waals surface area contributed by atoms with E-state index in [0.717, 1.165) is 12.8 Å². The number of hydrogen-bond donors (Lipinski definition) is 4. The Balaban J connectivity index is 0. The average Bonchev–Trinajstić information content (AvgIpc) is 2.34. The molecule has 6 nitrogen and oxygen atoms in total. The van der Waals surface area contributed by atoms with Crippen molar-refractivity contribution in [1.82, 2.24) is 0 Å². The summed E-state index contributed by atoms with van der Waals surface area (Å²) in [6.45, 7) is 3.69. The highest BCUT2D eigenvalue weighted by Crippen LogP contribution is 2.10. The Morgan fingerprint density at radius 3 is 1.26 bits per heavy atom. The fraction of sp³-hybridized carbons (Fsp3) is 0.846. The Bertz CT molecular complexity index is 226. The van der Waals surface area contributed by atoms with Crippen LogP contribution in [-0.4, -0.2) is 45.6 Å². The zero-order chi connectivity index (χ0) is 15.3. The molecule has 0 rings (SSSR count). The van der Waals surface area contributed by atoms with E-state index in [0.29, 0.717) is 12.8 Å². The Hall–Kier alpha value is -1.14. The van der Waals surface area contributed by atoms with Gasteiger partial charge in [0.25, 0.3) is 0 Å². The van der Waals surface area contributed by atoms with Gasteiger partial charge in [-0.3, -0.25) is 9.59 Å². The first-order chi connectivity index (χ1) is 8.75. The Morgan fingerprint density at radius 1 is 0.789 bits per heavy atom. The van der Waals surface area contributed by atoms with Gasteiger partial charge in [0.05, 0.1) is 13.2 Å². The summed E-state index contributed by atoms with van der Waals surface area (Å²) in [5, 5.41) is 33.4. The van der Waals surface area contributed by atoms with Crippen molar-refractivity contribution < 1.29 is 30.0 Å². The molecule has 0 aromatic carbocycles. The molecule has 4 N–H and O–H groups in total. The second-order valence-electron chi connectivity index (χ2n) is 5.18. The molecular weight excluding hydrogens is 252 g/mol. The lowest BCUT2D eigenvalue weighted by Gasteiger charge is -2.16.